The van der Waals surface area contributed by atoms with E-state index in [0.29, 0.717) is 32.1 Å². The Kier molecular flexibility index (Phi) is 5.57. The number of morpholine rings is 1. The first-order chi connectivity index (χ1) is 10.1. The molecule has 1 saturated heterocycles. The molecule has 0 saturated carbocycles. The van der Waals surface area contributed by atoms with Crippen LogP contribution in [-0.2, 0) is 14.3 Å². The minimum atomic E-state index is -0.346. The molecule has 0 bridgehead atoms. The highest BCUT2D eigenvalue weighted by atomic mass is 32.2. The van der Waals surface area contributed by atoms with E-state index >= 15 is 0 Å². The molecule has 0 aliphatic carbocycles. The van der Waals surface area contributed by atoms with Crippen molar-refractivity contribution in [1.29, 1.82) is 0 Å². The van der Waals surface area contributed by atoms with Gasteiger partial charge in [-0.1, -0.05) is 18.7 Å². The number of thioether (sulfide) groups is 1. The van der Waals surface area contributed by atoms with Crippen LogP contribution in [0.25, 0.3) is 5.32 Å². The van der Waals surface area contributed by atoms with Gasteiger partial charge < -0.3 is 19.4 Å². The Morgan fingerprint density at radius 3 is 2.90 bits per heavy atom. The fourth-order valence-electron chi connectivity index (χ4n) is 1.70. The normalized spacial score (nSPS) is 16.6. The quantitative estimate of drug-likeness (QED) is 0.725. The van der Waals surface area contributed by atoms with Gasteiger partial charge in [0, 0.05) is 18.6 Å². The summed E-state index contributed by atoms with van der Waals surface area (Å²) in [4.78, 5) is 24.3. The van der Waals surface area contributed by atoms with Crippen molar-refractivity contribution in [1.82, 2.24) is 5.27 Å². The minimum Gasteiger partial charge on any atom is -0.588 e. The van der Waals surface area contributed by atoms with Crippen LogP contribution in [0.3, 0.4) is 0 Å². The van der Waals surface area contributed by atoms with Crippen molar-refractivity contribution in [2.24, 2.45) is 5.92 Å². The molecular formula is C12H18N4O4S. The fourth-order valence-corrected chi connectivity index (χ4v) is 2.33. The van der Waals surface area contributed by atoms with E-state index in [9.17, 15) is 9.59 Å². The number of carbonyl (C=O) groups is 2. The predicted octanol–water partition coefficient (Wildman–Crippen LogP) is 0.378. The van der Waals surface area contributed by atoms with Gasteiger partial charge in [-0.25, -0.2) is 0 Å². The molecule has 2 heterocycles. The van der Waals surface area contributed by atoms with Crippen molar-refractivity contribution in [3.63, 3.8) is 0 Å². The Morgan fingerprint density at radius 2 is 2.24 bits per heavy atom. The number of amides is 1. The highest BCUT2D eigenvalue weighted by molar-refractivity contribution is 8.13. The number of carbonyl (C=O) groups excluding carboxylic acids is 2. The smallest absolute Gasteiger partial charge is 0.257 e. The second-order valence-electron chi connectivity index (χ2n) is 4.68. The lowest BCUT2D eigenvalue weighted by Gasteiger charge is -2.19. The van der Waals surface area contributed by atoms with Gasteiger partial charge in [0.05, 0.1) is 37.0 Å². The second kappa shape index (κ2) is 7.41. The summed E-state index contributed by atoms with van der Waals surface area (Å²) in [6.07, 6.45) is 1.56. The molecule has 9 heteroatoms. The third-order valence-electron chi connectivity index (χ3n) is 2.90. The van der Waals surface area contributed by atoms with Gasteiger partial charge in [0.15, 0.2) is 5.12 Å². The van der Waals surface area contributed by atoms with Crippen molar-refractivity contribution >= 4 is 28.7 Å². The zero-order valence-electron chi connectivity index (χ0n) is 12.0. The summed E-state index contributed by atoms with van der Waals surface area (Å²) in [6, 6.07) is 0. The first kappa shape index (κ1) is 15.8. The van der Waals surface area contributed by atoms with Gasteiger partial charge in [-0.2, -0.15) is 0 Å². The highest BCUT2D eigenvalue weighted by Gasteiger charge is 2.21. The Balaban J connectivity index is 1.86. The Labute approximate surface area is 126 Å². The molecule has 1 aliphatic heterocycles. The van der Waals surface area contributed by atoms with Gasteiger partial charge in [-0.3, -0.25) is 4.79 Å². The molecule has 1 fully saturated rings. The Hall–Kier alpha value is -1.61. The molecule has 21 heavy (non-hydrogen) atoms. The number of hydrogen-bond acceptors (Lipinski definition) is 7. The molecule has 1 aromatic rings. The van der Waals surface area contributed by atoms with Crippen LogP contribution in [0.1, 0.15) is 13.8 Å². The number of rotatable bonds is 5. The topological polar surface area (TPSA) is 90.6 Å². The van der Waals surface area contributed by atoms with Crippen LogP contribution in [0.15, 0.2) is 10.7 Å². The van der Waals surface area contributed by atoms with E-state index in [1.807, 2.05) is 5.01 Å². The SMILES string of the molecule is CC(=O)SC[C@@H](C)C(=O)[N-]c1c[n+](N2CCOCC2)no1. The van der Waals surface area contributed by atoms with Crippen molar-refractivity contribution in [2.45, 2.75) is 13.8 Å². The molecule has 1 aliphatic rings. The number of hydrogen-bond donors (Lipinski definition) is 0. The lowest BCUT2D eigenvalue weighted by molar-refractivity contribution is -0.759. The van der Waals surface area contributed by atoms with Gasteiger partial charge in [0.1, 0.15) is 5.88 Å². The minimum absolute atomic E-state index is 0.0144. The van der Waals surface area contributed by atoms with Gasteiger partial charge in [-0.15, -0.1) is 5.01 Å². The highest BCUT2D eigenvalue weighted by Crippen LogP contribution is 2.20. The maximum atomic E-state index is 11.9. The van der Waals surface area contributed by atoms with Crippen LogP contribution in [-0.4, -0.2) is 48.3 Å². The van der Waals surface area contributed by atoms with Crippen molar-refractivity contribution in [2.75, 3.05) is 37.1 Å². The van der Waals surface area contributed by atoms with Crippen LogP contribution < -0.4 is 9.80 Å². The van der Waals surface area contributed by atoms with E-state index in [1.54, 1.807) is 13.1 Å². The van der Waals surface area contributed by atoms with Crippen LogP contribution in [0.5, 0.6) is 0 Å². The van der Waals surface area contributed by atoms with Gasteiger partial charge >= 0.3 is 0 Å². The largest absolute Gasteiger partial charge is 0.588 e. The molecule has 0 N–H and O–H groups in total. The summed E-state index contributed by atoms with van der Waals surface area (Å²) >= 11 is 1.11. The van der Waals surface area contributed by atoms with E-state index in [0.717, 1.165) is 11.8 Å². The lowest BCUT2D eigenvalue weighted by atomic mass is 10.2. The predicted molar refractivity (Wildman–Crippen MR) is 75.8 cm³/mol. The zero-order chi connectivity index (χ0) is 15.2. The molecule has 1 amide bonds. The molecule has 2 rings (SSSR count). The van der Waals surface area contributed by atoms with Crippen molar-refractivity contribution in [3.8, 4) is 0 Å². The number of aromatic nitrogens is 2. The van der Waals surface area contributed by atoms with Crippen LogP contribution >= 0.6 is 11.8 Å². The molecule has 0 radical (unpaired) electrons. The average molecular weight is 314 g/mol. The average Bonchev–Trinajstić information content (AvgIpc) is 2.94. The molecule has 0 aromatic carbocycles. The van der Waals surface area contributed by atoms with Gasteiger partial charge in [0.25, 0.3) is 6.20 Å². The lowest BCUT2D eigenvalue weighted by Crippen LogP contribution is -2.62. The van der Waals surface area contributed by atoms with Gasteiger partial charge in [0.2, 0.25) is 5.27 Å². The van der Waals surface area contributed by atoms with E-state index in [2.05, 4.69) is 10.6 Å². The van der Waals surface area contributed by atoms with Crippen LogP contribution in [0, 0.1) is 5.92 Å². The van der Waals surface area contributed by atoms with E-state index in [4.69, 9.17) is 9.26 Å². The van der Waals surface area contributed by atoms with Crippen LogP contribution in [0.4, 0.5) is 5.88 Å². The van der Waals surface area contributed by atoms with E-state index in [-0.39, 0.29) is 22.8 Å². The third kappa shape index (κ3) is 4.71. The Bertz CT molecular complexity index is 501. The van der Waals surface area contributed by atoms with E-state index in [1.165, 1.54) is 11.7 Å². The first-order valence-corrected chi connectivity index (χ1v) is 7.65. The second-order valence-corrected chi connectivity index (χ2v) is 5.88. The standard InChI is InChI=1S/C12H18N4O4S/c1-9(8-21-10(2)17)12(18)13-11-7-16(14-20-11)15-3-5-19-6-4-15/h7,9H,3-6,8H2,1-2H3/t9-/m1/s1. The summed E-state index contributed by atoms with van der Waals surface area (Å²) < 4.78 is 10.3. The summed E-state index contributed by atoms with van der Waals surface area (Å²) in [5.41, 5.74) is 0. The summed E-state index contributed by atoms with van der Waals surface area (Å²) in [7, 11) is 0. The van der Waals surface area contributed by atoms with Gasteiger partial charge in [-0.05, 0) is 0 Å². The van der Waals surface area contributed by atoms with Crippen molar-refractivity contribution in [3.05, 3.63) is 11.5 Å². The summed E-state index contributed by atoms with van der Waals surface area (Å²) in [5, 5.41) is 9.64. The molecule has 116 valence electrons. The summed E-state index contributed by atoms with van der Waals surface area (Å²) in [6.45, 7) is 5.87. The number of nitrogens with zero attached hydrogens (tertiary/aromatic N) is 4. The monoisotopic (exact) mass is 314 g/mol. The zero-order valence-corrected chi connectivity index (χ0v) is 12.8. The first-order valence-electron chi connectivity index (χ1n) is 6.67. The molecule has 0 unspecified atom stereocenters. The maximum Gasteiger partial charge on any atom is 0.257 e. The maximum absolute atomic E-state index is 11.9. The van der Waals surface area contributed by atoms with E-state index < -0.39 is 0 Å². The summed E-state index contributed by atoms with van der Waals surface area (Å²) in [5.74, 6) is -0.101. The molecule has 1 atom stereocenters. The molecule has 8 nitrogen and oxygen atoms in total. The molecule has 0 spiro atoms. The molecule has 1 aromatic heterocycles. The fraction of sp³-hybridized carbons (Fsp3) is 0.667. The Morgan fingerprint density at radius 1 is 1.52 bits per heavy atom. The third-order valence-corrected chi connectivity index (χ3v) is 3.97. The molecular weight excluding hydrogens is 296 g/mol. The van der Waals surface area contributed by atoms with Crippen molar-refractivity contribution < 1.29 is 23.6 Å². The number of ether oxygens (including phenoxy) is 1. The van der Waals surface area contributed by atoms with Crippen LogP contribution in [0.2, 0.25) is 0 Å².